The summed E-state index contributed by atoms with van der Waals surface area (Å²) in [4.78, 5) is 6.66. The average Bonchev–Trinajstić information content (AvgIpc) is 2.50. The summed E-state index contributed by atoms with van der Waals surface area (Å²) in [6.07, 6.45) is 3.11. The van der Waals surface area contributed by atoms with Crippen LogP contribution in [0.1, 0.15) is 26.2 Å². The van der Waals surface area contributed by atoms with Gasteiger partial charge in [0, 0.05) is 32.5 Å². The van der Waals surface area contributed by atoms with E-state index in [1.165, 1.54) is 0 Å². The van der Waals surface area contributed by atoms with Gasteiger partial charge in [-0.3, -0.25) is 10.4 Å². The number of ether oxygens (including phenoxy) is 1. The molecule has 0 aliphatic carbocycles. The molecule has 20 heavy (non-hydrogen) atoms. The van der Waals surface area contributed by atoms with Crippen LogP contribution in [-0.4, -0.2) is 32.8 Å². The Balaban J connectivity index is 2.78. The van der Waals surface area contributed by atoms with Crippen molar-refractivity contribution in [1.82, 2.24) is 5.43 Å². The van der Waals surface area contributed by atoms with Gasteiger partial charge in [-0.2, -0.15) is 0 Å². The largest absolute Gasteiger partial charge is 0.385 e. The second-order valence-corrected chi connectivity index (χ2v) is 4.54. The van der Waals surface area contributed by atoms with Crippen molar-refractivity contribution >= 4 is 11.6 Å². The van der Waals surface area contributed by atoms with Crippen LogP contribution in [0.5, 0.6) is 0 Å². The van der Waals surface area contributed by atoms with Crippen LogP contribution in [0.25, 0.3) is 0 Å². The van der Waals surface area contributed by atoms with E-state index in [9.17, 15) is 0 Å². The number of aliphatic imine (C=N–C) groups is 1. The minimum Gasteiger partial charge on any atom is -0.385 e. The lowest BCUT2D eigenvalue weighted by atomic mass is 10.2. The first kappa shape index (κ1) is 16.5. The predicted octanol–water partition coefficient (Wildman–Crippen LogP) is 2.15. The minimum atomic E-state index is 0.697. The normalized spacial score (nSPS) is 11.4. The fraction of sp³-hybridized carbons (Fsp3) is 0.533. The number of guanidine groups is 1. The van der Waals surface area contributed by atoms with Gasteiger partial charge in [0.05, 0.1) is 0 Å². The van der Waals surface area contributed by atoms with E-state index >= 15 is 0 Å². The van der Waals surface area contributed by atoms with E-state index in [1.807, 2.05) is 18.2 Å². The Morgan fingerprint density at radius 1 is 1.30 bits per heavy atom. The Kier molecular flexibility index (Phi) is 8.42. The van der Waals surface area contributed by atoms with Gasteiger partial charge in [-0.25, -0.2) is 5.84 Å². The van der Waals surface area contributed by atoms with E-state index in [4.69, 9.17) is 10.6 Å². The highest BCUT2D eigenvalue weighted by atomic mass is 16.5. The molecule has 0 amide bonds. The van der Waals surface area contributed by atoms with Gasteiger partial charge in [0.1, 0.15) is 0 Å². The number of hydrazine groups is 1. The van der Waals surface area contributed by atoms with Crippen molar-refractivity contribution in [2.24, 2.45) is 10.8 Å². The zero-order valence-electron chi connectivity index (χ0n) is 12.5. The molecular formula is C15H26N4O. The van der Waals surface area contributed by atoms with Crippen LogP contribution < -0.4 is 16.2 Å². The van der Waals surface area contributed by atoms with Crippen molar-refractivity contribution in [3.8, 4) is 0 Å². The SMILES string of the molecule is CCCCN(C(=NCCCOC)NN)c1ccccc1. The van der Waals surface area contributed by atoms with Crippen LogP contribution >= 0.6 is 0 Å². The third kappa shape index (κ3) is 5.59. The average molecular weight is 278 g/mol. The monoisotopic (exact) mass is 278 g/mol. The molecule has 0 saturated carbocycles. The van der Waals surface area contributed by atoms with Crippen LogP contribution in [0.15, 0.2) is 35.3 Å². The van der Waals surface area contributed by atoms with Gasteiger partial charge in [0.2, 0.25) is 5.96 Å². The Bertz CT molecular complexity index is 381. The lowest BCUT2D eigenvalue weighted by molar-refractivity contribution is 0.197. The van der Waals surface area contributed by atoms with Crippen LogP contribution in [0.2, 0.25) is 0 Å². The van der Waals surface area contributed by atoms with Crippen LogP contribution in [0.4, 0.5) is 5.69 Å². The number of rotatable bonds is 8. The Labute approximate surface area is 121 Å². The number of nitrogens with zero attached hydrogens (tertiary/aromatic N) is 2. The fourth-order valence-corrected chi connectivity index (χ4v) is 1.88. The zero-order chi connectivity index (χ0) is 14.6. The van der Waals surface area contributed by atoms with Gasteiger partial charge in [0.15, 0.2) is 0 Å². The molecule has 0 aliphatic heterocycles. The van der Waals surface area contributed by atoms with Crippen molar-refractivity contribution in [3.63, 3.8) is 0 Å². The molecule has 0 bridgehead atoms. The van der Waals surface area contributed by atoms with Crippen molar-refractivity contribution in [3.05, 3.63) is 30.3 Å². The molecule has 0 heterocycles. The summed E-state index contributed by atoms with van der Waals surface area (Å²) in [5.41, 5.74) is 3.82. The number of para-hydroxylation sites is 1. The quantitative estimate of drug-likeness (QED) is 0.251. The number of anilines is 1. The van der Waals surface area contributed by atoms with Gasteiger partial charge < -0.3 is 9.64 Å². The van der Waals surface area contributed by atoms with Gasteiger partial charge in [0.25, 0.3) is 0 Å². The van der Waals surface area contributed by atoms with E-state index in [1.54, 1.807) is 7.11 Å². The molecule has 0 unspecified atom stereocenters. The summed E-state index contributed by atoms with van der Waals surface area (Å²) in [5, 5.41) is 0. The molecule has 0 aromatic heterocycles. The lowest BCUT2D eigenvalue weighted by Gasteiger charge is -2.25. The summed E-state index contributed by atoms with van der Waals surface area (Å²) < 4.78 is 5.03. The number of unbranched alkanes of at least 4 members (excludes halogenated alkanes) is 1. The minimum absolute atomic E-state index is 0.697. The molecule has 3 N–H and O–H groups in total. The van der Waals surface area contributed by atoms with E-state index < -0.39 is 0 Å². The van der Waals surface area contributed by atoms with E-state index in [-0.39, 0.29) is 0 Å². The molecule has 0 saturated heterocycles. The summed E-state index contributed by atoms with van der Waals surface area (Å²) in [6.45, 7) is 4.48. The van der Waals surface area contributed by atoms with Crippen LogP contribution in [0, 0.1) is 0 Å². The standard InChI is InChI=1S/C15H26N4O/c1-3-4-12-19(14-9-6-5-7-10-14)15(18-16)17-11-8-13-20-2/h5-7,9-10H,3-4,8,11-13,16H2,1-2H3,(H,17,18). The smallest absolute Gasteiger partial charge is 0.212 e. The molecule has 0 aliphatic rings. The molecule has 0 spiro atoms. The summed E-state index contributed by atoms with van der Waals surface area (Å²) in [7, 11) is 1.70. The number of benzene rings is 1. The van der Waals surface area contributed by atoms with Gasteiger partial charge in [-0.15, -0.1) is 0 Å². The molecular weight excluding hydrogens is 252 g/mol. The number of hydrogen-bond donors (Lipinski definition) is 2. The molecule has 0 radical (unpaired) electrons. The van der Waals surface area contributed by atoms with Crippen LogP contribution in [0.3, 0.4) is 0 Å². The molecule has 0 atom stereocenters. The molecule has 1 aromatic rings. The third-order valence-electron chi connectivity index (χ3n) is 2.96. The van der Waals surface area contributed by atoms with Gasteiger partial charge in [-0.05, 0) is 25.0 Å². The van der Waals surface area contributed by atoms with E-state index in [2.05, 4.69) is 34.4 Å². The Morgan fingerprint density at radius 3 is 2.65 bits per heavy atom. The van der Waals surface area contributed by atoms with Crippen molar-refractivity contribution in [2.45, 2.75) is 26.2 Å². The lowest BCUT2D eigenvalue weighted by Crippen LogP contribution is -2.45. The zero-order valence-corrected chi connectivity index (χ0v) is 12.5. The Hall–Kier alpha value is -1.59. The van der Waals surface area contributed by atoms with E-state index in [0.29, 0.717) is 19.1 Å². The van der Waals surface area contributed by atoms with Gasteiger partial charge in [-0.1, -0.05) is 31.5 Å². The second kappa shape index (κ2) is 10.2. The highest BCUT2D eigenvalue weighted by Crippen LogP contribution is 2.14. The van der Waals surface area contributed by atoms with Crippen molar-refractivity contribution < 1.29 is 4.74 Å². The first-order chi connectivity index (χ1) is 9.83. The maximum atomic E-state index is 5.64. The van der Waals surface area contributed by atoms with Gasteiger partial charge >= 0.3 is 0 Å². The molecule has 112 valence electrons. The summed E-state index contributed by atoms with van der Waals surface area (Å²) >= 11 is 0. The Morgan fingerprint density at radius 2 is 2.05 bits per heavy atom. The number of methoxy groups -OCH3 is 1. The predicted molar refractivity (Wildman–Crippen MR) is 84.8 cm³/mol. The second-order valence-electron chi connectivity index (χ2n) is 4.54. The topological polar surface area (TPSA) is 62.9 Å². The third-order valence-corrected chi connectivity index (χ3v) is 2.96. The maximum Gasteiger partial charge on any atom is 0.212 e. The number of nitrogens with two attached hydrogens (primary N) is 1. The number of nitrogens with one attached hydrogen (secondary N) is 1. The highest BCUT2D eigenvalue weighted by Gasteiger charge is 2.11. The highest BCUT2D eigenvalue weighted by molar-refractivity contribution is 5.95. The molecule has 5 nitrogen and oxygen atoms in total. The molecule has 1 rings (SSSR count). The molecule has 0 fully saturated rings. The van der Waals surface area contributed by atoms with Crippen LogP contribution in [-0.2, 0) is 4.74 Å². The first-order valence-electron chi connectivity index (χ1n) is 7.16. The van der Waals surface area contributed by atoms with Crippen molar-refractivity contribution in [2.75, 3.05) is 31.7 Å². The van der Waals surface area contributed by atoms with Crippen molar-refractivity contribution in [1.29, 1.82) is 0 Å². The summed E-state index contributed by atoms with van der Waals surface area (Å²) in [5.74, 6) is 6.35. The summed E-state index contributed by atoms with van der Waals surface area (Å²) in [6, 6.07) is 10.2. The molecule has 5 heteroatoms. The maximum absolute atomic E-state index is 5.64. The molecule has 1 aromatic carbocycles. The fourth-order valence-electron chi connectivity index (χ4n) is 1.88. The first-order valence-corrected chi connectivity index (χ1v) is 7.16. The van der Waals surface area contributed by atoms with E-state index in [0.717, 1.165) is 31.5 Å². The number of hydrogen-bond acceptors (Lipinski definition) is 3.